The third-order valence-corrected chi connectivity index (χ3v) is 3.90. The van der Waals surface area contributed by atoms with E-state index in [1.165, 1.54) is 6.07 Å². The monoisotopic (exact) mass is 382 g/mol. The highest BCUT2D eigenvalue weighted by Crippen LogP contribution is 2.46. The molecule has 0 aliphatic carbocycles. The van der Waals surface area contributed by atoms with Gasteiger partial charge in [0.1, 0.15) is 0 Å². The number of alkyl halides is 6. The molecular formula is C12H12Cl6O. The second-order valence-corrected chi connectivity index (χ2v) is 9.05. The number of hydrogen-bond acceptors (Lipinski definition) is 1. The highest BCUT2D eigenvalue weighted by Gasteiger charge is 2.32. The summed E-state index contributed by atoms with van der Waals surface area (Å²) >= 11 is 35.2. The van der Waals surface area contributed by atoms with E-state index in [0.29, 0.717) is 16.7 Å². The molecule has 1 atom stereocenters. The Labute approximate surface area is 142 Å². The lowest BCUT2D eigenvalue weighted by Gasteiger charge is -2.24. The Morgan fingerprint density at radius 3 is 1.84 bits per heavy atom. The Morgan fingerprint density at radius 1 is 0.947 bits per heavy atom. The Hall–Kier alpha value is 0.920. The van der Waals surface area contributed by atoms with E-state index in [1.807, 2.05) is 13.8 Å². The summed E-state index contributed by atoms with van der Waals surface area (Å²) in [5.74, 6) is -0.0373. The van der Waals surface area contributed by atoms with Crippen molar-refractivity contribution in [2.75, 3.05) is 0 Å². The van der Waals surface area contributed by atoms with Crippen molar-refractivity contribution in [2.45, 2.75) is 27.5 Å². The van der Waals surface area contributed by atoms with Gasteiger partial charge in [-0.25, -0.2) is 0 Å². The van der Waals surface area contributed by atoms with Crippen LogP contribution in [0.3, 0.4) is 0 Å². The number of aliphatic hydroxyl groups is 1. The molecule has 7 heteroatoms. The first-order valence-electron chi connectivity index (χ1n) is 5.41. The summed E-state index contributed by atoms with van der Waals surface area (Å²) in [4.78, 5) is 0. The van der Waals surface area contributed by atoms with Gasteiger partial charge in [0.15, 0.2) is 0 Å². The lowest BCUT2D eigenvalue weighted by atomic mass is 9.94. The number of benzene rings is 1. The maximum atomic E-state index is 10.2. The zero-order valence-electron chi connectivity index (χ0n) is 10.1. The van der Waals surface area contributed by atoms with Gasteiger partial charge in [-0.2, -0.15) is 0 Å². The van der Waals surface area contributed by atoms with E-state index in [2.05, 4.69) is 0 Å². The van der Waals surface area contributed by atoms with Crippen LogP contribution in [-0.4, -0.2) is 5.11 Å². The van der Waals surface area contributed by atoms with Crippen LogP contribution >= 0.6 is 69.6 Å². The molecular weight excluding hydrogens is 373 g/mol. The summed E-state index contributed by atoms with van der Waals surface area (Å²) in [6.07, 6.45) is -0.768. The molecule has 1 aromatic carbocycles. The van der Waals surface area contributed by atoms with Gasteiger partial charge in [-0.1, -0.05) is 95.6 Å². The van der Waals surface area contributed by atoms with Crippen molar-refractivity contribution in [3.05, 3.63) is 34.9 Å². The van der Waals surface area contributed by atoms with Gasteiger partial charge < -0.3 is 5.11 Å². The molecule has 0 aliphatic rings. The van der Waals surface area contributed by atoms with Crippen LogP contribution in [0.4, 0.5) is 0 Å². The van der Waals surface area contributed by atoms with Crippen LogP contribution in [0.15, 0.2) is 18.2 Å². The average Bonchev–Trinajstić information content (AvgIpc) is 2.24. The van der Waals surface area contributed by atoms with Gasteiger partial charge in [-0.15, -0.1) is 0 Å². The highest BCUT2D eigenvalue weighted by molar-refractivity contribution is 6.67. The summed E-state index contributed by atoms with van der Waals surface area (Å²) in [5.41, 5.74) is 1.19. The molecule has 1 unspecified atom stereocenters. The topological polar surface area (TPSA) is 20.2 Å². The standard InChI is InChI=1S/C12H12Cl6O/c1-6(2)10(19)8-4-3-7(11(13,14)15)5-9(8)12(16,17)18/h3-6,10,19H,1-2H3. The zero-order chi connectivity index (χ0) is 15.0. The first-order valence-corrected chi connectivity index (χ1v) is 7.67. The third-order valence-electron chi connectivity index (χ3n) is 2.64. The van der Waals surface area contributed by atoms with Crippen LogP contribution in [0.2, 0.25) is 0 Å². The average molecular weight is 385 g/mol. The van der Waals surface area contributed by atoms with E-state index in [-0.39, 0.29) is 5.92 Å². The summed E-state index contributed by atoms with van der Waals surface area (Å²) in [5, 5.41) is 10.2. The Morgan fingerprint density at radius 2 is 1.47 bits per heavy atom. The van der Waals surface area contributed by atoms with Crippen LogP contribution in [-0.2, 0) is 7.59 Å². The quantitative estimate of drug-likeness (QED) is 0.617. The molecule has 0 amide bonds. The van der Waals surface area contributed by atoms with Crippen molar-refractivity contribution in [1.82, 2.24) is 0 Å². The van der Waals surface area contributed by atoms with E-state index < -0.39 is 13.7 Å². The van der Waals surface area contributed by atoms with Crippen molar-refractivity contribution < 1.29 is 5.11 Å². The van der Waals surface area contributed by atoms with E-state index in [4.69, 9.17) is 69.6 Å². The van der Waals surface area contributed by atoms with Gasteiger partial charge in [0.2, 0.25) is 7.59 Å². The third kappa shape index (κ3) is 4.71. The largest absolute Gasteiger partial charge is 0.388 e. The molecule has 0 fully saturated rings. The number of aliphatic hydroxyl groups excluding tert-OH is 1. The van der Waals surface area contributed by atoms with E-state index in [9.17, 15) is 5.11 Å². The Bertz CT molecular complexity index is 447. The molecule has 1 rings (SSSR count). The van der Waals surface area contributed by atoms with Gasteiger partial charge in [-0.05, 0) is 17.5 Å². The minimum absolute atomic E-state index is 0.0373. The predicted octanol–water partition coefficient (Wildman–Crippen LogP) is 6.03. The Balaban J connectivity index is 3.42. The molecule has 0 radical (unpaired) electrons. The second-order valence-electron chi connectivity index (χ2n) is 4.49. The zero-order valence-corrected chi connectivity index (χ0v) is 14.6. The minimum Gasteiger partial charge on any atom is -0.388 e. The molecule has 108 valence electrons. The molecule has 1 N–H and O–H groups in total. The predicted molar refractivity (Wildman–Crippen MR) is 84.7 cm³/mol. The maximum Gasteiger partial charge on any atom is 0.216 e. The van der Waals surface area contributed by atoms with Gasteiger partial charge >= 0.3 is 0 Å². The van der Waals surface area contributed by atoms with Crippen LogP contribution in [0.5, 0.6) is 0 Å². The van der Waals surface area contributed by atoms with Crippen molar-refractivity contribution in [1.29, 1.82) is 0 Å². The summed E-state index contributed by atoms with van der Waals surface area (Å²) < 4.78 is -3.33. The lowest BCUT2D eigenvalue weighted by Crippen LogP contribution is -2.15. The molecule has 0 spiro atoms. The normalized spacial score (nSPS) is 14.8. The van der Waals surface area contributed by atoms with Crippen molar-refractivity contribution in [2.24, 2.45) is 5.92 Å². The molecule has 0 bridgehead atoms. The molecule has 0 saturated heterocycles. The number of hydrogen-bond donors (Lipinski definition) is 1. The lowest BCUT2D eigenvalue weighted by molar-refractivity contribution is 0.126. The smallest absolute Gasteiger partial charge is 0.216 e. The second kappa shape index (κ2) is 6.36. The van der Waals surface area contributed by atoms with Gasteiger partial charge in [-0.3, -0.25) is 0 Å². The fourth-order valence-electron chi connectivity index (χ4n) is 1.60. The first kappa shape index (κ1) is 18.0. The summed E-state index contributed by atoms with van der Waals surface area (Å²) in [6.45, 7) is 3.71. The molecule has 1 aromatic rings. The van der Waals surface area contributed by atoms with Crippen molar-refractivity contribution >= 4 is 69.6 Å². The summed E-state index contributed by atoms with van der Waals surface area (Å²) in [7, 11) is 0. The molecule has 0 aromatic heterocycles. The van der Waals surface area contributed by atoms with Crippen LogP contribution in [0.25, 0.3) is 0 Å². The molecule has 0 saturated carbocycles. The fourth-order valence-corrected chi connectivity index (χ4v) is 2.44. The minimum atomic E-state index is -1.71. The molecule has 0 heterocycles. The van der Waals surface area contributed by atoms with Gasteiger partial charge in [0.25, 0.3) is 0 Å². The van der Waals surface area contributed by atoms with E-state index >= 15 is 0 Å². The summed E-state index contributed by atoms with van der Waals surface area (Å²) in [6, 6.07) is 4.69. The maximum absolute atomic E-state index is 10.2. The first-order chi connectivity index (χ1) is 8.44. The molecule has 19 heavy (non-hydrogen) atoms. The van der Waals surface area contributed by atoms with Crippen LogP contribution in [0.1, 0.15) is 36.6 Å². The van der Waals surface area contributed by atoms with Crippen molar-refractivity contribution in [3.63, 3.8) is 0 Å². The Kier molecular flexibility index (Phi) is 6.01. The fraction of sp³-hybridized carbons (Fsp3) is 0.500. The number of halogens is 6. The van der Waals surface area contributed by atoms with Gasteiger partial charge in [0, 0.05) is 11.1 Å². The van der Waals surface area contributed by atoms with Gasteiger partial charge in [0.05, 0.1) is 6.10 Å². The molecule has 1 nitrogen and oxygen atoms in total. The number of rotatable bonds is 2. The van der Waals surface area contributed by atoms with E-state index in [0.717, 1.165) is 0 Å². The van der Waals surface area contributed by atoms with Crippen LogP contribution in [0, 0.1) is 5.92 Å². The SMILES string of the molecule is CC(C)C(O)c1ccc(C(Cl)(Cl)Cl)cc1C(Cl)(Cl)Cl. The molecule has 0 aliphatic heterocycles. The van der Waals surface area contributed by atoms with Crippen molar-refractivity contribution in [3.8, 4) is 0 Å². The van der Waals surface area contributed by atoms with Crippen LogP contribution < -0.4 is 0 Å². The van der Waals surface area contributed by atoms with E-state index in [1.54, 1.807) is 12.1 Å². The highest BCUT2D eigenvalue weighted by atomic mass is 35.6.